The lowest BCUT2D eigenvalue weighted by molar-refractivity contribution is 0.306. The molecule has 1 aliphatic heterocycles. The first kappa shape index (κ1) is 17.3. The summed E-state index contributed by atoms with van der Waals surface area (Å²) in [5, 5.41) is 0.796. The molecule has 1 atom stereocenters. The summed E-state index contributed by atoms with van der Waals surface area (Å²) in [5.41, 5.74) is 1.01. The van der Waals surface area contributed by atoms with E-state index in [1.165, 1.54) is 4.31 Å². The third-order valence-electron chi connectivity index (χ3n) is 4.40. The zero-order valence-electron chi connectivity index (χ0n) is 14.0. The van der Waals surface area contributed by atoms with Crippen LogP contribution < -0.4 is 4.90 Å². The monoisotopic (exact) mass is 368 g/mol. The van der Waals surface area contributed by atoms with Gasteiger partial charge in [-0.3, -0.25) is 0 Å². The number of nitrogens with zero attached hydrogens (tertiary/aromatic N) is 4. The minimum Gasteiger partial charge on any atom is -0.369 e. The van der Waals surface area contributed by atoms with E-state index >= 15 is 0 Å². The van der Waals surface area contributed by atoms with Crippen molar-refractivity contribution < 1.29 is 8.42 Å². The van der Waals surface area contributed by atoms with E-state index in [0.29, 0.717) is 30.5 Å². The standard InChI is InChI=1S/C16H21ClN4O2S/c1-12-10-20(15-6-4-5-14(17)9-15)7-8-21(12)24(22,23)16-11-19(3)13(2)18-16/h4-6,9,11-12H,7-8,10H2,1-3H3/t12-/m0/s1. The highest BCUT2D eigenvalue weighted by molar-refractivity contribution is 7.89. The average molecular weight is 369 g/mol. The molecule has 2 aromatic rings. The van der Waals surface area contributed by atoms with Crippen molar-refractivity contribution >= 4 is 27.3 Å². The van der Waals surface area contributed by atoms with Gasteiger partial charge < -0.3 is 9.47 Å². The summed E-state index contributed by atoms with van der Waals surface area (Å²) in [6, 6.07) is 7.48. The molecule has 1 aromatic carbocycles. The molecule has 0 spiro atoms. The van der Waals surface area contributed by atoms with E-state index in [0.717, 1.165) is 5.69 Å². The minimum atomic E-state index is -3.58. The molecule has 1 aromatic heterocycles. The van der Waals surface area contributed by atoms with E-state index in [1.807, 2.05) is 31.2 Å². The molecule has 0 radical (unpaired) electrons. The number of hydrogen-bond acceptors (Lipinski definition) is 4. The van der Waals surface area contributed by atoms with Crippen molar-refractivity contribution in [3.8, 4) is 0 Å². The van der Waals surface area contributed by atoms with Crippen LogP contribution in [0.25, 0.3) is 0 Å². The van der Waals surface area contributed by atoms with Crippen LogP contribution in [-0.4, -0.2) is 48.0 Å². The van der Waals surface area contributed by atoms with Crippen LogP contribution in [0.2, 0.25) is 5.02 Å². The summed E-state index contributed by atoms with van der Waals surface area (Å²) in [7, 11) is -1.78. The molecule has 0 aliphatic carbocycles. The molecular formula is C16H21ClN4O2S. The van der Waals surface area contributed by atoms with E-state index in [9.17, 15) is 8.42 Å². The van der Waals surface area contributed by atoms with Gasteiger partial charge in [0.15, 0.2) is 5.03 Å². The van der Waals surface area contributed by atoms with Crippen LogP contribution in [0.5, 0.6) is 0 Å². The summed E-state index contributed by atoms with van der Waals surface area (Å²) < 4.78 is 29.0. The maximum atomic E-state index is 12.9. The normalized spacial score (nSPS) is 19.7. The number of piperazine rings is 1. The van der Waals surface area contributed by atoms with Gasteiger partial charge in [0.25, 0.3) is 10.0 Å². The number of imidazole rings is 1. The predicted molar refractivity (Wildman–Crippen MR) is 95.0 cm³/mol. The van der Waals surface area contributed by atoms with Crippen LogP contribution in [0, 0.1) is 6.92 Å². The van der Waals surface area contributed by atoms with Crippen LogP contribution in [0.1, 0.15) is 12.7 Å². The molecule has 0 unspecified atom stereocenters. The Morgan fingerprint density at radius 2 is 2.04 bits per heavy atom. The van der Waals surface area contributed by atoms with Crippen LogP contribution >= 0.6 is 11.6 Å². The maximum absolute atomic E-state index is 12.9. The van der Waals surface area contributed by atoms with E-state index in [2.05, 4.69) is 9.88 Å². The van der Waals surface area contributed by atoms with Gasteiger partial charge in [-0.1, -0.05) is 17.7 Å². The van der Waals surface area contributed by atoms with E-state index in [1.54, 1.807) is 24.7 Å². The molecule has 0 amide bonds. The largest absolute Gasteiger partial charge is 0.369 e. The van der Waals surface area contributed by atoms with Crippen molar-refractivity contribution in [1.29, 1.82) is 0 Å². The fourth-order valence-corrected chi connectivity index (χ4v) is 4.80. The molecule has 1 aliphatic rings. The molecule has 3 rings (SSSR count). The first-order valence-electron chi connectivity index (χ1n) is 7.81. The Morgan fingerprint density at radius 1 is 1.29 bits per heavy atom. The lowest BCUT2D eigenvalue weighted by Crippen LogP contribution is -2.54. The zero-order valence-corrected chi connectivity index (χ0v) is 15.5. The predicted octanol–water partition coefficient (Wildman–Crippen LogP) is 2.28. The quantitative estimate of drug-likeness (QED) is 0.834. The van der Waals surface area contributed by atoms with Gasteiger partial charge >= 0.3 is 0 Å². The van der Waals surface area contributed by atoms with Gasteiger partial charge in [0.05, 0.1) is 0 Å². The Morgan fingerprint density at radius 3 is 2.62 bits per heavy atom. The van der Waals surface area contributed by atoms with E-state index in [-0.39, 0.29) is 11.1 Å². The molecule has 1 saturated heterocycles. The van der Waals surface area contributed by atoms with Crippen molar-refractivity contribution in [3.63, 3.8) is 0 Å². The molecular weight excluding hydrogens is 348 g/mol. The number of benzene rings is 1. The molecule has 6 nitrogen and oxygen atoms in total. The fraction of sp³-hybridized carbons (Fsp3) is 0.438. The van der Waals surface area contributed by atoms with Crippen LogP contribution in [0.15, 0.2) is 35.5 Å². The van der Waals surface area contributed by atoms with Crippen LogP contribution in [-0.2, 0) is 17.1 Å². The van der Waals surface area contributed by atoms with Gasteiger partial charge in [0, 0.05) is 49.6 Å². The molecule has 1 fully saturated rings. The third kappa shape index (κ3) is 3.16. The molecule has 130 valence electrons. The highest BCUT2D eigenvalue weighted by atomic mass is 35.5. The second-order valence-electron chi connectivity index (χ2n) is 6.13. The number of anilines is 1. The number of aryl methyl sites for hydroxylation is 2. The Bertz CT molecular complexity index is 830. The second-order valence-corrected chi connectivity index (χ2v) is 8.40. The first-order valence-corrected chi connectivity index (χ1v) is 9.63. The minimum absolute atomic E-state index is 0.116. The van der Waals surface area contributed by atoms with Gasteiger partial charge in [0.1, 0.15) is 5.82 Å². The zero-order chi connectivity index (χ0) is 17.5. The number of aromatic nitrogens is 2. The van der Waals surface area contributed by atoms with Crippen LogP contribution in [0.4, 0.5) is 5.69 Å². The second kappa shape index (κ2) is 6.38. The highest BCUT2D eigenvalue weighted by Crippen LogP contribution is 2.25. The van der Waals surface area contributed by atoms with Crippen molar-refractivity contribution in [2.75, 3.05) is 24.5 Å². The van der Waals surface area contributed by atoms with Gasteiger partial charge in [-0.25, -0.2) is 13.4 Å². The topological polar surface area (TPSA) is 58.4 Å². The van der Waals surface area contributed by atoms with Crippen molar-refractivity contribution in [2.45, 2.75) is 24.9 Å². The Labute approximate surface area is 147 Å². The number of rotatable bonds is 3. The SMILES string of the molecule is Cc1nc(S(=O)(=O)N2CCN(c3cccc(Cl)c3)C[C@@H]2C)cn1C. The van der Waals surface area contributed by atoms with Crippen LogP contribution in [0.3, 0.4) is 0 Å². The number of halogens is 1. The Balaban J connectivity index is 1.80. The van der Waals surface area contributed by atoms with Gasteiger partial charge in [-0.2, -0.15) is 4.31 Å². The van der Waals surface area contributed by atoms with Crippen molar-refractivity contribution in [3.05, 3.63) is 41.3 Å². The number of sulfonamides is 1. The Hall–Kier alpha value is -1.57. The lowest BCUT2D eigenvalue weighted by atomic mass is 10.2. The first-order chi connectivity index (χ1) is 11.3. The molecule has 0 bridgehead atoms. The maximum Gasteiger partial charge on any atom is 0.262 e. The van der Waals surface area contributed by atoms with Gasteiger partial charge in [-0.15, -0.1) is 0 Å². The summed E-state index contributed by atoms with van der Waals surface area (Å²) in [5.74, 6) is 0.679. The van der Waals surface area contributed by atoms with E-state index < -0.39 is 10.0 Å². The molecule has 0 saturated carbocycles. The van der Waals surface area contributed by atoms with Gasteiger partial charge in [0.2, 0.25) is 0 Å². The summed E-state index contributed by atoms with van der Waals surface area (Å²) in [6.45, 7) is 5.37. The van der Waals surface area contributed by atoms with E-state index in [4.69, 9.17) is 11.6 Å². The molecule has 8 heteroatoms. The smallest absolute Gasteiger partial charge is 0.262 e. The Kier molecular flexibility index (Phi) is 4.59. The fourth-order valence-electron chi connectivity index (χ4n) is 2.98. The molecule has 24 heavy (non-hydrogen) atoms. The lowest BCUT2D eigenvalue weighted by Gasteiger charge is -2.39. The van der Waals surface area contributed by atoms with Crippen molar-refractivity contribution in [2.24, 2.45) is 7.05 Å². The summed E-state index contributed by atoms with van der Waals surface area (Å²) in [6.07, 6.45) is 1.57. The van der Waals surface area contributed by atoms with Crippen molar-refractivity contribution in [1.82, 2.24) is 13.9 Å². The average Bonchev–Trinajstić information content (AvgIpc) is 2.87. The van der Waals surface area contributed by atoms with Gasteiger partial charge in [-0.05, 0) is 32.0 Å². The summed E-state index contributed by atoms with van der Waals surface area (Å²) >= 11 is 6.06. The molecule has 2 heterocycles. The summed E-state index contributed by atoms with van der Waals surface area (Å²) in [4.78, 5) is 6.34. The number of hydrogen-bond donors (Lipinski definition) is 0. The third-order valence-corrected chi connectivity index (χ3v) is 6.52. The highest BCUT2D eigenvalue weighted by Gasteiger charge is 2.35. The molecule has 0 N–H and O–H groups in total.